The molecule has 0 radical (unpaired) electrons. The summed E-state index contributed by atoms with van der Waals surface area (Å²) in [6.45, 7) is 5.77. The third-order valence-electron chi connectivity index (χ3n) is 5.35. The second-order valence-corrected chi connectivity index (χ2v) is 7.10. The number of anilines is 1. The average molecular weight is 382 g/mol. The molecule has 0 unspecified atom stereocenters. The number of methoxy groups -OCH3 is 1. The van der Waals surface area contributed by atoms with Crippen molar-refractivity contribution in [2.75, 3.05) is 12.0 Å². The van der Waals surface area contributed by atoms with Crippen LogP contribution in [-0.4, -0.2) is 25.2 Å². The molecule has 0 aliphatic carbocycles. The maximum atomic E-state index is 12.5. The first-order valence-corrected chi connectivity index (χ1v) is 9.37. The maximum Gasteiger partial charge on any atom is 0.407 e. The SMILES string of the molecule is COc1ccc2c(c1)[C@H](NC(=O)OCc1ccccc1)[C@@H](C)[C@H](C)N2C(C)=O. The molecule has 3 atom stereocenters. The Hall–Kier alpha value is -3.02. The molecule has 1 aliphatic rings. The minimum Gasteiger partial charge on any atom is -0.497 e. The summed E-state index contributed by atoms with van der Waals surface area (Å²) in [5.41, 5.74) is 2.55. The highest BCUT2D eigenvalue weighted by Crippen LogP contribution is 2.42. The number of ether oxygens (including phenoxy) is 2. The highest BCUT2D eigenvalue weighted by atomic mass is 16.5. The van der Waals surface area contributed by atoms with Gasteiger partial charge in [0, 0.05) is 30.1 Å². The van der Waals surface area contributed by atoms with Crippen LogP contribution in [0.1, 0.15) is 37.9 Å². The molecule has 6 heteroatoms. The second kappa shape index (κ2) is 8.33. The van der Waals surface area contributed by atoms with Crippen molar-refractivity contribution in [3.63, 3.8) is 0 Å². The Labute approximate surface area is 165 Å². The molecule has 2 aromatic carbocycles. The zero-order valence-electron chi connectivity index (χ0n) is 16.6. The number of benzene rings is 2. The quantitative estimate of drug-likeness (QED) is 0.866. The van der Waals surface area contributed by atoms with Gasteiger partial charge in [-0.2, -0.15) is 0 Å². The molecule has 1 heterocycles. The van der Waals surface area contributed by atoms with E-state index in [9.17, 15) is 9.59 Å². The van der Waals surface area contributed by atoms with E-state index in [0.29, 0.717) is 5.75 Å². The normalized spacial score (nSPS) is 20.9. The van der Waals surface area contributed by atoms with Crippen LogP contribution < -0.4 is 15.0 Å². The van der Waals surface area contributed by atoms with E-state index in [4.69, 9.17) is 9.47 Å². The highest BCUT2D eigenvalue weighted by molar-refractivity contribution is 5.94. The third-order valence-corrected chi connectivity index (χ3v) is 5.35. The van der Waals surface area contributed by atoms with Crippen molar-refractivity contribution in [1.29, 1.82) is 0 Å². The van der Waals surface area contributed by atoms with E-state index in [1.54, 1.807) is 18.9 Å². The number of rotatable bonds is 4. The molecule has 0 bridgehead atoms. The highest BCUT2D eigenvalue weighted by Gasteiger charge is 2.39. The van der Waals surface area contributed by atoms with E-state index in [0.717, 1.165) is 16.8 Å². The summed E-state index contributed by atoms with van der Waals surface area (Å²) in [6.07, 6.45) is -0.488. The van der Waals surface area contributed by atoms with E-state index in [-0.39, 0.29) is 30.5 Å². The van der Waals surface area contributed by atoms with Gasteiger partial charge in [0.15, 0.2) is 0 Å². The fourth-order valence-electron chi connectivity index (χ4n) is 3.70. The van der Waals surface area contributed by atoms with E-state index < -0.39 is 6.09 Å². The van der Waals surface area contributed by atoms with Gasteiger partial charge in [-0.3, -0.25) is 4.79 Å². The molecule has 0 aromatic heterocycles. The van der Waals surface area contributed by atoms with Gasteiger partial charge in [0.25, 0.3) is 0 Å². The Morgan fingerprint density at radius 3 is 2.46 bits per heavy atom. The van der Waals surface area contributed by atoms with Gasteiger partial charge in [0.05, 0.1) is 13.2 Å². The topological polar surface area (TPSA) is 67.9 Å². The van der Waals surface area contributed by atoms with Crippen LogP contribution in [0.3, 0.4) is 0 Å². The molecular weight excluding hydrogens is 356 g/mol. The molecule has 28 heavy (non-hydrogen) atoms. The lowest BCUT2D eigenvalue weighted by molar-refractivity contribution is -0.117. The molecule has 0 saturated heterocycles. The summed E-state index contributed by atoms with van der Waals surface area (Å²) < 4.78 is 10.7. The Morgan fingerprint density at radius 1 is 1.11 bits per heavy atom. The number of carbonyl (C=O) groups is 2. The van der Waals surface area contributed by atoms with Crippen molar-refractivity contribution >= 4 is 17.7 Å². The summed E-state index contributed by atoms with van der Waals surface area (Å²) in [5.74, 6) is 0.636. The zero-order chi connectivity index (χ0) is 20.3. The van der Waals surface area contributed by atoms with Crippen molar-refractivity contribution < 1.29 is 19.1 Å². The smallest absolute Gasteiger partial charge is 0.407 e. The van der Waals surface area contributed by atoms with Gasteiger partial charge in [0.2, 0.25) is 5.91 Å². The fourth-order valence-corrected chi connectivity index (χ4v) is 3.70. The Balaban J connectivity index is 1.84. The molecule has 6 nitrogen and oxygen atoms in total. The van der Waals surface area contributed by atoms with Crippen LogP contribution >= 0.6 is 0 Å². The number of nitrogens with one attached hydrogen (secondary N) is 1. The predicted octanol–water partition coefficient (Wildman–Crippen LogP) is 4.05. The summed E-state index contributed by atoms with van der Waals surface area (Å²) in [5, 5.41) is 2.98. The number of alkyl carbamates (subject to hydrolysis) is 1. The zero-order valence-corrected chi connectivity index (χ0v) is 16.6. The molecule has 3 rings (SSSR count). The Kier molecular flexibility index (Phi) is 5.87. The summed E-state index contributed by atoms with van der Waals surface area (Å²) in [4.78, 5) is 26.5. The Bertz CT molecular complexity index is 853. The van der Waals surface area contributed by atoms with Crippen LogP contribution in [0.2, 0.25) is 0 Å². The molecular formula is C22H26N2O4. The molecule has 0 saturated carbocycles. The van der Waals surface area contributed by atoms with Gasteiger partial charge >= 0.3 is 6.09 Å². The van der Waals surface area contributed by atoms with Gasteiger partial charge in [-0.05, 0) is 30.7 Å². The van der Waals surface area contributed by atoms with Crippen LogP contribution in [0.15, 0.2) is 48.5 Å². The maximum absolute atomic E-state index is 12.5. The second-order valence-electron chi connectivity index (χ2n) is 7.10. The molecule has 0 fully saturated rings. The first-order chi connectivity index (χ1) is 13.4. The van der Waals surface area contributed by atoms with Gasteiger partial charge in [-0.25, -0.2) is 4.79 Å². The third kappa shape index (κ3) is 3.96. The number of hydrogen-bond acceptors (Lipinski definition) is 4. The van der Waals surface area contributed by atoms with Crippen molar-refractivity contribution in [2.45, 2.75) is 39.5 Å². The first-order valence-electron chi connectivity index (χ1n) is 9.37. The molecule has 2 amide bonds. The predicted molar refractivity (Wildman–Crippen MR) is 107 cm³/mol. The molecule has 148 valence electrons. The van der Waals surface area contributed by atoms with Crippen LogP contribution in [0, 0.1) is 5.92 Å². The van der Waals surface area contributed by atoms with E-state index in [2.05, 4.69) is 5.32 Å². The number of nitrogens with zero attached hydrogens (tertiary/aromatic N) is 1. The minimum absolute atomic E-state index is 0.00668. The van der Waals surface area contributed by atoms with E-state index in [1.807, 2.05) is 62.4 Å². The summed E-state index contributed by atoms with van der Waals surface area (Å²) >= 11 is 0. The van der Waals surface area contributed by atoms with E-state index >= 15 is 0 Å². The summed E-state index contributed by atoms with van der Waals surface area (Å²) in [7, 11) is 1.59. The fraction of sp³-hybridized carbons (Fsp3) is 0.364. The molecule has 1 aliphatic heterocycles. The average Bonchev–Trinajstić information content (AvgIpc) is 2.70. The van der Waals surface area contributed by atoms with Gasteiger partial charge in [-0.15, -0.1) is 0 Å². The van der Waals surface area contributed by atoms with E-state index in [1.165, 1.54) is 0 Å². The van der Waals surface area contributed by atoms with Gasteiger partial charge < -0.3 is 19.7 Å². The van der Waals surface area contributed by atoms with Crippen LogP contribution in [0.25, 0.3) is 0 Å². The van der Waals surface area contributed by atoms with Gasteiger partial charge in [0.1, 0.15) is 12.4 Å². The lowest BCUT2D eigenvalue weighted by Gasteiger charge is -2.43. The molecule has 2 aromatic rings. The number of hydrogen-bond donors (Lipinski definition) is 1. The van der Waals surface area contributed by atoms with Gasteiger partial charge in [-0.1, -0.05) is 37.3 Å². The lowest BCUT2D eigenvalue weighted by atomic mass is 9.83. The van der Waals surface area contributed by atoms with Crippen LogP contribution in [-0.2, 0) is 16.1 Å². The van der Waals surface area contributed by atoms with Crippen LogP contribution in [0.4, 0.5) is 10.5 Å². The molecule has 0 spiro atoms. The van der Waals surface area contributed by atoms with Crippen LogP contribution in [0.5, 0.6) is 5.75 Å². The standard InChI is InChI=1S/C22H26N2O4/c1-14-15(2)24(16(3)25)20-11-10-18(27-4)12-19(20)21(14)23-22(26)28-13-17-8-6-5-7-9-17/h5-12,14-15,21H,13H2,1-4H3,(H,23,26)/t14-,15-,21+/m0/s1. The number of carbonyl (C=O) groups excluding carboxylic acids is 2. The largest absolute Gasteiger partial charge is 0.497 e. The first kappa shape index (κ1) is 19.7. The Morgan fingerprint density at radius 2 is 1.82 bits per heavy atom. The lowest BCUT2D eigenvalue weighted by Crippen LogP contribution is -2.50. The van der Waals surface area contributed by atoms with Crippen molar-refractivity contribution in [3.8, 4) is 5.75 Å². The molecule has 1 N–H and O–H groups in total. The van der Waals surface area contributed by atoms with Crippen molar-refractivity contribution in [2.24, 2.45) is 5.92 Å². The van der Waals surface area contributed by atoms with Crippen molar-refractivity contribution in [3.05, 3.63) is 59.7 Å². The minimum atomic E-state index is -0.488. The number of fused-ring (bicyclic) bond motifs is 1. The number of amides is 2. The summed E-state index contributed by atoms with van der Waals surface area (Å²) in [6, 6.07) is 14.7. The monoisotopic (exact) mass is 382 g/mol. The van der Waals surface area contributed by atoms with Crippen molar-refractivity contribution in [1.82, 2.24) is 5.32 Å².